The van der Waals surface area contributed by atoms with Gasteiger partial charge in [-0.25, -0.2) is 0 Å². The van der Waals surface area contributed by atoms with Crippen molar-refractivity contribution in [1.29, 1.82) is 0 Å². The molecule has 1 aromatic rings. The molecule has 1 aromatic carbocycles. The maximum atomic E-state index is 5.89. The Morgan fingerprint density at radius 3 is 2.27 bits per heavy atom. The molecule has 3 heteroatoms. The van der Waals surface area contributed by atoms with Crippen LogP contribution in [0.25, 0.3) is 0 Å². The first-order valence-corrected chi connectivity index (χ1v) is 9.17. The Morgan fingerprint density at radius 2 is 1.82 bits per heavy atom. The van der Waals surface area contributed by atoms with Gasteiger partial charge in [0.2, 0.25) is 0 Å². The molecular formula is C8H9AsCl2. The molecule has 0 heterocycles. The molecule has 0 unspecified atom stereocenters. The molecule has 0 saturated carbocycles. The van der Waals surface area contributed by atoms with Gasteiger partial charge in [0.15, 0.2) is 0 Å². The fourth-order valence-corrected chi connectivity index (χ4v) is 4.14. The van der Waals surface area contributed by atoms with Gasteiger partial charge in [-0.1, -0.05) is 0 Å². The minimum absolute atomic E-state index is 1.15. The van der Waals surface area contributed by atoms with Gasteiger partial charge in [-0.05, 0) is 0 Å². The van der Waals surface area contributed by atoms with E-state index >= 15 is 0 Å². The Kier molecular flexibility index (Phi) is 3.30. The Bertz CT molecular complexity index is 258. The molecular weight excluding hydrogens is 242 g/mol. The normalized spacial score (nSPS) is 10.6. The first-order valence-electron chi connectivity index (χ1n) is 3.30. The molecule has 0 fully saturated rings. The second-order valence-electron chi connectivity index (χ2n) is 2.52. The Hall–Kier alpha value is 0.358. The Labute approximate surface area is 80.1 Å². The van der Waals surface area contributed by atoms with Gasteiger partial charge in [0, 0.05) is 0 Å². The summed E-state index contributed by atoms with van der Waals surface area (Å²) in [7, 11) is 11.8. The SMILES string of the molecule is Cc1ccc(C)c([As](Cl)Cl)c1. The minimum atomic E-state index is -1.71. The van der Waals surface area contributed by atoms with E-state index in [0.717, 1.165) is 4.35 Å². The number of benzene rings is 1. The summed E-state index contributed by atoms with van der Waals surface area (Å²) in [6, 6.07) is 6.22. The summed E-state index contributed by atoms with van der Waals surface area (Å²) in [5.41, 5.74) is 2.44. The molecule has 0 spiro atoms. The first-order chi connectivity index (χ1) is 5.11. The predicted octanol–water partition coefficient (Wildman–Crippen LogP) is 2.48. The molecule has 0 nitrogen and oxygen atoms in total. The number of hydrogen-bond donors (Lipinski definition) is 0. The third-order valence-electron chi connectivity index (χ3n) is 1.55. The summed E-state index contributed by atoms with van der Waals surface area (Å²) < 4.78 is 1.15. The van der Waals surface area contributed by atoms with Crippen molar-refractivity contribution >= 4 is 37.0 Å². The van der Waals surface area contributed by atoms with E-state index in [0.29, 0.717) is 0 Å². The van der Waals surface area contributed by atoms with Gasteiger partial charge in [0.25, 0.3) is 0 Å². The van der Waals surface area contributed by atoms with Gasteiger partial charge in [0.1, 0.15) is 0 Å². The van der Waals surface area contributed by atoms with Crippen molar-refractivity contribution in [3.8, 4) is 0 Å². The van der Waals surface area contributed by atoms with Crippen LogP contribution in [0.15, 0.2) is 18.2 Å². The zero-order valence-electron chi connectivity index (χ0n) is 6.44. The van der Waals surface area contributed by atoms with Crippen molar-refractivity contribution in [2.24, 2.45) is 0 Å². The van der Waals surface area contributed by atoms with Crippen molar-refractivity contribution in [2.75, 3.05) is 0 Å². The molecule has 11 heavy (non-hydrogen) atoms. The van der Waals surface area contributed by atoms with Gasteiger partial charge in [-0.2, -0.15) is 0 Å². The number of hydrogen-bond acceptors (Lipinski definition) is 0. The van der Waals surface area contributed by atoms with Crippen LogP contribution >= 0.6 is 19.9 Å². The van der Waals surface area contributed by atoms with Crippen LogP contribution in [0.4, 0.5) is 0 Å². The zero-order valence-corrected chi connectivity index (χ0v) is 9.82. The van der Waals surface area contributed by atoms with Gasteiger partial charge in [0.05, 0.1) is 0 Å². The third-order valence-corrected chi connectivity index (χ3v) is 5.21. The molecule has 0 radical (unpaired) electrons. The topological polar surface area (TPSA) is 0 Å². The van der Waals surface area contributed by atoms with E-state index in [9.17, 15) is 0 Å². The average molecular weight is 251 g/mol. The number of rotatable bonds is 1. The van der Waals surface area contributed by atoms with Crippen molar-refractivity contribution in [1.82, 2.24) is 0 Å². The summed E-state index contributed by atoms with van der Waals surface area (Å²) in [5.74, 6) is 0. The second kappa shape index (κ2) is 3.85. The molecule has 0 amide bonds. The molecule has 1 rings (SSSR count). The standard InChI is InChI=1S/C8H9AsCl2/c1-6-3-4-7(2)8(5-6)9(10)11/h3-5H,1-2H3. The van der Waals surface area contributed by atoms with E-state index in [-0.39, 0.29) is 0 Å². The van der Waals surface area contributed by atoms with Crippen molar-refractivity contribution in [3.05, 3.63) is 29.3 Å². The van der Waals surface area contributed by atoms with E-state index in [2.05, 4.69) is 25.1 Å². The molecule has 0 aromatic heterocycles. The third kappa shape index (κ3) is 2.40. The first kappa shape index (κ1) is 9.45. The van der Waals surface area contributed by atoms with E-state index < -0.39 is 12.8 Å². The molecule has 0 saturated heterocycles. The summed E-state index contributed by atoms with van der Waals surface area (Å²) >= 11 is -1.71. The van der Waals surface area contributed by atoms with Gasteiger partial charge < -0.3 is 0 Å². The molecule has 0 bridgehead atoms. The van der Waals surface area contributed by atoms with Crippen LogP contribution in [-0.2, 0) is 0 Å². The van der Waals surface area contributed by atoms with Crippen LogP contribution in [-0.4, -0.2) is 12.8 Å². The van der Waals surface area contributed by atoms with Crippen LogP contribution < -0.4 is 4.35 Å². The fourth-order valence-electron chi connectivity index (χ4n) is 0.902. The van der Waals surface area contributed by atoms with Crippen LogP contribution in [0.5, 0.6) is 0 Å². The quantitative estimate of drug-likeness (QED) is 0.672. The number of aryl methyl sites for hydroxylation is 2. The van der Waals surface area contributed by atoms with Crippen LogP contribution in [0.1, 0.15) is 11.1 Å². The van der Waals surface area contributed by atoms with E-state index in [1.165, 1.54) is 11.1 Å². The van der Waals surface area contributed by atoms with Crippen molar-refractivity contribution in [2.45, 2.75) is 13.8 Å². The second-order valence-corrected chi connectivity index (χ2v) is 8.92. The van der Waals surface area contributed by atoms with E-state index in [4.69, 9.17) is 19.9 Å². The zero-order chi connectivity index (χ0) is 8.43. The molecule has 0 aliphatic carbocycles. The predicted molar refractivity (Wildman–Crippen MR) is 53.0 cm³/mol. The van der Waals surface area contributed by atoms with Gasteiger partial charge in [-0.3, -0.25) is 0 Å². The summed E-state index contributed by atoms with van der Waals surface area (Å²) in [6.07, 6.45) is 0. The van der Waals surface area contributed by atoms with Crippen LogP contribution in [0.3, 0.4) is 0 Å². The van der Waals surface area contributed by atoms with Crippen molar-refractivity contribution in [3.63, 3.8) is 0 Å². The van der Waals surface area contributed by atoms with Crippen molar-refractivity contribution < 1.29 is 0 Å². The molecule has 0 aliphatic rings. The maximum absolute atomic E-state index is 5.89. The van der Waals surface area contributed by atoms with E-state index in [1.807, 2.05) is 6.92 Å². The fraction of sp³-hybridized carbons (Fsp3) is 0.250. The monoisotopic (exact) mass is 250 g/mol. The Morgan fingerprint density at radius 1 is 1.18 bits per heavy atom. The summed E-state index contributed by atoms with van der Waals surface area (Å²) in [4.78, 5) is 0. The van der Waals surface area contributed by atoms with Crippen LogP contribution in [0, 0.1) is 13.8 Å². The summed E-state index contributed by atoms with van der Waals surface area (Å²) in [5, 5.41) is 0. The Balaban J connectivity index is 3.13. The average Bonchev–Trinajstić information content (AvgIpc) is 1.94. The summed E-state index contributed by atoms with van der Waals surface area (Å²) in [6.45, 7) is 4.09. The van der Waals surface area contributed by atoms with Gasteiger partial charge in [-0.15, -0.1) is 0 Å². The van der Waals surface area contributed by atoms with Crippen LogP contribution in [0.2, 0.25) is 0 Å². The molecule has 60 valence electrons. The van der Waals surface area contributed by atoms with Gasteiger partial charge >= 0.3 is 80.2 Å². The molecule has 0 N–H and O–H groups in total. The molecule has 0 atom stereocenters. The number of halogens is 2. The molecule has 0 aliphatic heterocycles. The van der Waals surface area contributed by atoms with E-state index in [1.54, 1.807) is 0 Å².